The summed E-state index contributed by atoms with van der Waals surface area (Å²) in [6.07, 6.45) is 5.70. The van der Waals surface area contributed by atoms with Crippen molar-refractivity contribution in [2.24, 2.45) is 23.7 Å². The summed E-state index contributed by atoms with van der Waals surface area (Å²) in [6, 6.07) is 9.49. The Morgan fingerprint density at radius 3 is 2.75 bits per heavy atom. The molecule has 6 heteroatoms. The molecule has 0 N–H and O–H groups in total. The SMILES string of the molecule is CCOC(=O)[C@@H]1[C@H]2CN(C(=O)c3cnoc3-c3ccccc3)C[C@@H]2C=C[C@@H]1C. The topological polar surface area (TPSA) is 72.6 Å². The molecular formula is C22H24N2O4. The number of hydrogen-bond donors (Lipinski definition) is 0. The van der Waals surface area contributed by atoms with Crippen molar-refractivity contribution in [3.05, 3.63) is 54.2 Å². The molecule has 0 unspecified atom stereocenters. The van der Waals surface area contributed by atoms with Crippen LogP contribution < -0.4 is 0 Å². The second-order valence-corrected chi connectivity index (χ2v) is 7.49. The highest BCUT2D eigenvalue weighted by Gasteiger charge is 2.46. The lowest BCUT2D eigenvalue weighted by Gasteiger charge is -2.31. The monoisotopic (exact) mass is 380 g/mol. The number of esters is 1. The van der Waals surface area contributed by atoms with Crippen molar-refractivity contribution >= 4 is 11.9 Å². The zero-order valence-electron chi connectivity index (χ0n) is 16.1. The zero-order valence-corrected chi connectivity index (χ0v) is 16.1. The molecule has 1 aliphatic carbocycles. The van der Waals surface area contributed by atoms with Crippen molar-refractivity contribution in [2.75, 3.05) is 19.7 Å². The number of likely N-dealkylation sites (tertiary alicyclic amines) is 1. The van der Waals surface area contributed by atoms with E-state index >= 15 is 0 Å². The minimum absolute atomic E-state index is 0.0723. The summed E-state index contributed by atoms with van der Waals surface area (Å²) in [7, 11) is 0. The van der Waals surface area contributed by atoms with Crippen LogP contribution in [0.3, 0.4) is 0 Å². The molecule has 1 saturated heterocycles. The third-order valence-electron chi connectivity index (χ3n) is 5.78. The molecule has 2 heterocycles. The van der Waals surface area contributed by atoms with Gasteiger partial charge in [-0.2, -0.15) is 0 Å². The summed E-state index contributed by atoms with van der Waals surface area (Å²) in [5.41, 5.74) is 1.27. The zero-order chi connectivity index (χ0) is 19.7. The van der Waals surface area contributed by atoms with E-state index in [1.54, 1.807) is 0 Å². The maximum Gasteiger partial charge on any atom is 0.309 e. The van der Waals surface area contributed by atoms with Crippen molar-refractivity contribution in [3.63, 3.8) is 0 Å². The molecule has 0 spiro atoms. The second kappa shape index (κ2) is 7.62. The average molecular weight is 380 g/mol. The Bertz CT molecular complexity index is 889. The second-order valence-electron chi connectivity index (χ2n) is 7.49. The predicted molar refractivity (Wildman–Crippen MR) is 103 cm³/mol. The van der Waals surface area contributed by atoms with Gasteiger partial charge in [0, 0.05) is 18.7 Å². The van der Waals surface area contributed by atoms with Crippen LogP contribution in [0.15, 0.2) is 53.2 Å². The maximum absolute atomic E-state index is 13.2. The Balaban J connectivity index is 1.57. The molecule has 4 atom stereocenters. The number of rotatable bonds is 4. The largest absolute Gasteiger partial charge is 0.466 e. The summed E-state index contributed by atoms with van der Waals surface area (Å²) in [4.78, 5) is 27.5. The van der Waals surface area contributed by atoms with E-state index in [0.29, 0.717) is 31.0 Å². The smallest absolute Gasteiger partial charge is 0.309 e. The van der Waals surface area contributed by atoms with Crippen LogP contribution in [0.5, 0.6) is 0 Å². The van der Waals surface area contributed by atoms with E-state index in [9.17, 15) is 9.59 Å². The summed E-state index contributed by atoms with van der Waals surface area (Å²) in [6.45, 7) is 5.34. The van der Waals surface area contributed by atoms with E-state index in [-0.39, 0.29) is 35.5 Å². The maximum atomic E-state index is 13.2. The van der Waals surface area contributed by atoms with Gasteiger partial charge in [0.25, 0.3) is 5.91 Å². The van der Waals surface area contributed by atoms with E-state index in [1.165, 1.54) is 6.20 Å². The molecule has 1 aromatic heterocycles. The van der Waals surface area contributed by atoms with Crippen molar-refractivity contribution in [1.29, 1.82) is 0 Å². The van der Waals surface area contributed by atoms with Crippen LogP contribution >= 0.6 is 0 Å². The molecule has 0 saturated carbocycles. The fraction of sp³-hybridized carbons (Fsp3) is 0.409. The van der Waals surface area contributed by atoms with E-state index in [2.05, 4.69) is 17.3 Å². The predicted octanol–water partition coefficient (Wildman–Crippen LogP) is 3.42. The normalized spacial score (nSPS) is 26.1. The summed E-state index contributed by atoms with van der Waals surface area (Å²) >= 11 is 0. The van der Waals surface area contributed by atoms with E-state index in [0.717, 1.165) is 5.56 Å². The first-order valence-corrected chi connectivity index (χ1v) is 9.74. The molecule has 4 rings (SSSR count). The van der Waals surface area contributed by atoms with E-state index in [4.69, 9.17) is 9.26 Å². The average Bonchev–Trinajstić information content (AvgIpc) is 3.35. The molecule has 146 valence electrons. The van der Waals surface area contributed by atoms with Crippen molar-refractivity contribution in [3.8, 4) is 11.3 Å². The highest BCUT2D eigenvalue weighted by molar-refractivity contribution is 5.99. The van der Waals surface area contributed by atoms with Crippen LogP contribution in [0.1, 0.15) is 24.2 Å². The Kier molecular flexibility index (Phi) is 5.03. The highest BCUT2D eigenvalue weighted by Crippen LogP contribution is 2.40. The van der Waals surface area contributed by atoms with Gasteiger partial charge in [-0.15, -0.1) is 0 Å². The number of carbonyl (C=O) groups excluding carboxylic acids is 2. The molecular weight excluding hydrogens is 356 g/mol. The number of allylic oxidation sites excluding steroid dienone is 1. The lowest BCUT2D eigenvalue weighted by molar-refractivity contribution is -0.152. The molecule has 2 aliphatic rings. The Hall–Kier alpha value is -2.89. The van der Waals surface area contributed by atoms with Gasteiger partial charge < -0.3 is 14.2 Å². The van der Waals surface area contributed by atoms with Crippen LogP contribution in [-0.4, -0.2) is 41.6 Å². The molecule has 1 amide bonds. The molecule has 1 fully saturated rings. The third kappa shape index (κ3) is 3.23. The van der Waals surface area contributed by atoms with Gasteiger partial charge in [-0.05, 0) is 24.7 Å². The first-order chi connectivity index (χ1) is 13.6. The lowest BCUT2D eigenvalue weighted by atomic mass is 9.72. The minimum Gasteiger partial charge on any atom is -0.466 e. The number of aromatic nitrogens is 1. The van der Waals surface area contributed by atoms with Gasteiger partial charge in [0.15, 0.2) is 5.76 Å². The number of hydrogen-bond acceptors (Lipinski definition) is 5. The first kappa shape index (κ1) is 18.5. The Morgan fingerprint density at radius 1 is 1.21 bits per heavy atom. The third-order valence-corrected chi connectivity index (χ3v) is 5.78. The lowest BCUT2D eigenvalue weighted by Crippen LogP contribution is -2.37. The number of fused-ring (bicyclic) bond motifs is 1. The standard InChI is InChI=1S/C22H24N2O4/c1-3-27-22(26)19-14(2)9-10-16-12-24(13-18(16)19)21(25)17-11-23-28-20(17)15-7-5-4-6-8-15/h4-11,14,16,18-19H,3,12-13H2,1-2H3/t14-,16-,18-,19-/m0/s1. The summed E-state index contributed by atoms with van der Waals surface area (Å²) in [5.74, 6) is 0.315. The van der Waals surface area contributed by atoms with Gasteiger partial charge in [-0.1, -0.05) is 54.6 Å². The van der Waals surface area contributed by atoms with Crippen LogP contribution in [0.25, 0.3) is 11.3 Å². The van der Waals surface area contributed by atoms with Crippen molar-refractivity contribution < 1.29 is 18.8 Å². The fourth-order valence-corrected chi connectivity index (χ4v) is 4.42. The molecule has 0 radical (unpaired) electrons. The quantitative estimate of drug-likeness (QED) is 0.600. The summed E-state index contributed by atoms with van der Waals surface area (Å²) in [5, 5.41) is 3.85. The summed E-state index contributed by atoms with van der Waals surface area (Å²) < 4.78 is 10.7. The molecule has 2 aromatic rings. The van der Waals surface area contributed by atoms with E-state index < -0.39 is 0 Å². The van der Waals surface area contributed by atoms with Gasteiger partial charge in [0.2, 0.25) is 0 Å². The molecule has 6 nitrogen and oxygen atoms in total. The number of benzene rings is 1. The van der Waals surface area contributed by atoms with E-state index in [1.807, 2.05) is 49.1 Å². The first-order valence-electron chi connectivity index (χ1n) is 9.74. The van der Waals surface area contributed by atoms with Crippen molar-refractivity contribution in [1.82, 2.24) is 10.1 Å². The molecule has 28 heavy (non-hydrogen) atoms. The van der Waals surface area contributed by atoms with Gasteiger partial charge in [-0.3, -0.25) is 9.59 Å². The van der Waals surface area contributed by atoms with Gasteiger partial charge in [-0.25, -0.2) is 0 Å². The van der Waals surface area contributed by atoms with Gasteiger partial charge in [0.05, 0.1) is 18.7 Å². The number of carbonyl (C=O) groups is 2. The molecule has 1 aromatic carbocycles. The van der Waals surface area contributed by atoms with Crippen LogP contribution in [0.4, 0.5) is 0 Å². The fourth-order valence-electron chi connectivity index (χ4n) is 4.42. The van der Waals surface area contributed by atoms with Crippen LogP contribution in [0, 0.1) is 23.7 Å². The van der Waals surface area contributed by atoms with Gasteiger partial charge >= 0.3 is 5.97 Å². The van der Waals surface area contributed by atoms with Crippen LogP contribution in [-0.2, 0) is 9.53 Å². The van der Waals surface area contributed by atoms with Gasteiger partial charge in [0.1, 0.15) is 5.56 Å². The molecule has 1 aliphatic heterocycles. The number of nitrogens with zero attached hydrogens (tertiary/aromatic N) is 2. The van der Waals surface area contributed by atoms with Crippen molar-refractivity contribution in [2.45, 2.75) is 13.8 Å². The number of amides is 1. The molecule has 0 bridgehead atoms. The van der Waals surface area contributed by atoms with Crippen LogP contribution in [0.2, 0.25) is 0 Å². The highest BCUT2D eigenvalue weighted by atomic mass is 16.5. The number of ether oxygens (including phenoxy) is 1. The minimum atomic E-state index is -0.219. The Morgan fingerprint density at radius 2 is 2.00 bits per heavy atom. The Labute approximate surface area is 164 Å².